The number of anilines is 1. The lowest BCUT2D eigenvalue weighted by Gasteiger charge is -2.03. The molecule has 2 rings (SSSR count). The number of aromatic nitrogens is 2. The van der Waals surface area contributed by atoms with Crippen molar-refractivity contribution in [1.29, 1.82) is 0 Å². The van der Waals surface area contributed by atoms with Crippen LogP contribution in [0.2, 0.25) is 5.02 Å². The summed E-state index contributed by atoms with van der Waals surface area (Å²) < 4.78 is 19.9. The molecule has 0 aliphatic rings. The fourth-order valence-electron chi connectivity index (χ4n) is 1.22. The maximum Gasteiger partial charge on any atom is 0.261 e. The summed E-state index contributed by atoms with van der Waals surface area (Å²) in [6.45, 7) is 0. The summed E-state index contributed by atoms with van der Waals surface area (Å²) in [7, 11) is 1.71. The largest absolute Gasteiger partial charge is 0.436 e. The second-order valence-electron chi connectivity index (χ2n) is 3.24. The Balaban J connectivity index is 2.27. The molecule has 2 aromatic rings. The van der Waals surface area contributed by atoms with Crippen LogP contribution in [0, 0.1) is 5.82 Å². The van der Waals surface area contributed by atoms with Gasteiger partial charge in [0.15, 0.2) is 0 Å². The summed E-state index contributed by atoms with van der Waals surface area (Å²) in [4.78, 5) is 0. The highest BCUT2D eigenvalue weighted by Crippen LogP contribution is 2.27. The molecule has 0 radical (unpaired) electrons. The Morgan fingerprint density at radius 2 is 2.25 bits per heavy atom. The van der Waals surface area contributed by atoms with E-state index in [-0.39, 0.29) is 10.9 Å². The number of rotatable bonds is 2. The minimum atomic E-state index is -0.548. The molecule has 1 heterocycles. The molecule has 0 spiro atoms. The van der Waals surface area contributed by atoms with Crippen LogP contribution in [0.4, 0.5) is 10.1 Å². The topological polar surface area (TPSA) is 53.1 Å². The van der Waals surface area contributed by atoms with Crippen molar-refractivity contribution in [3.05, 3.63) is 35.2 Å². The molecular weight excluding hydrogens is 233 g/mol. The second kappa shape index (κ2) is 4.02. The number of nitrogens with zero attached hydrogens (tertiary/aromatic N) is 2. The van der Waals surface area contributed by atoms with Gasteiger partial charge in [0.2, 0.25) is 0 Å². The molecule has 0 saturated carbocycles. The van der Waals surface area contributed by atoms with Gasteiger partial charge in [0.25, 0.3) is 5.88 Å². The van der Waals surface area contributed by atoms with Crippen LogP contribution in [0.5, 0.6) is 11.6 Å². The minimum absolute atomic E-state index is 0.0429. The summed E-state index contributed by atoms with van der Waals surface area (Å²) in [6.07, 6.45) is 1.60. The quantitative estimate of drug-likeness (QED) is 0.879. The molecule has 0 aliphatic heterocycles. The molecule has 1 aromatic heterocycles. The lowest BCUT2D eigenvalue weighted by Crippen LogP contribution is -1.91. The van der Waals surface area contributed by atoms with Crippen LogP contribution in [-0.4, -0.2) is 9.78 Å². The number of nitrogens with two attached hydrogens (primary N) is 1. The highest BCUT2D eigenvalue weighted by atomic mass is 35.5. The van der Waals surface area contributed by atoms with Crippen molar-refractivity contribution in [2.75, 3.05) is 5.73 Å². The molecule has 0 atom stereocenters. The first-order valence-electron chi connectivity index (χ1n) is 4.48. The first-order valence-corrected chi connectivity index (χ1v) is 4.86. The van der Waals surface area contributed by atoms with Crippen molar-refractivity contribution >= 4 is 17.3 Å². The van der Waals surface area contributed by atoms with E-state index in [2.05, 4.69) is 5.10 Å². The van der Waals surface area contributed by atoms with Crippen molar-refractivity contribution in [3.8, 4) is 11.6 Å². The van der Waals surface area contributed by atoms with Crippen LogP contribution in [0.15, 0.2) is 24.4 Å². The van der Waals surface area contributed by atoms with E-state index in [1.165, 1.54) is 16.8 Å². The average Bonchev–Trinajstić information content (AvgIpc) is 2.51. The molecule has 16 heavy (non-hydrogen) atoms. The predicted molar refractivity (Wildman–Crippen MR) is 59.1 cm³/mol. The van der Waals surface area contributed by atoms with Crippen LogP contribution < -0.4 is 10.5 Å². The molecule has 0 amide bonds. The van der Waals surface area contributed by atoms with Gasteiger partial charge in [0, 0.05) is 13.1 Å². The number of aryl methyl sites for hydroxylation is 1. The van der Waals surface area contributed by atoms with E-state index in [0.29, 0.717) is 11.4 Å². The van der Waals surface area contributed by atoms with Gasteiger partial charge >= 0.3 is 0 Å². The third kappa shape index (κ3) is 2.09. The van der Waals surface area contributed by atoms with E-state index in [9.17, 15) is 4.39 Å². The van der Waals surface area contributed by atoms with E-state index in [4.69, 9.17) is 22.1 Å². The van der Waals surface area contributed by atoms with Gasteiger partial charge in [0.05, 0.1) is 11.2 Å². The minimum Gasteiger partial charge on any atom is -0.436 e. The van der Waals surface area contributed by atoms with E-state index in [0.717, 1.165) is 0 Å². The zero-order valence-corrected chi connectivity index (χ0v) is 9.20. The van der Waals surface area contributed by atoms with E-state index >= 15 is 0 Å². The fraction of sp³-hybridized carbons (Fsp3) is 0.100. The Bertz CT molecular complexity index is 527. The van der Waals surface area contributed by atoms with E-state index < -0.39 is 5.82 Å². The molecule has 4 nitrogen and oxygen atoms in total. The van der Waals surface area contributed by atoms with Crippen molar-refractivity contribution in [3.63, 3.8) is 0 Å². The fourth-order valence-corrected chi connectivity index (χ4v) is 1.34. The molecule has 0 bridgehead atoms. The maximum atomic E-state index is 13.1. The Morgan fingerprint density at radius 1 is 1.50 bits per heavy atom. The van der Waals surface area contributed by atoms with Gasteiger partial charge in [-0.3, -0.25) is 4.68 Å². The van der Waals surface area contributed by atoms with Crippen LogP contribution in [0.25, 0.3) is 0 Å². The highest BCUT2D eigenvalue weighted by molar-refractivity contribution is 6.30. The lowest BCUT2D eigenvalue weighted by molar-refractivity contribution is 0.451. The van der Waals surface area contributed by atoms with Gasteiger partial charge in [0.1, 0.15) is 17.3 Å². The summed E-state index contributed by atoms with van der Waals surface area (Å²) in [6, 6.07) is 4.13. The number of halogens is 2. The smallest absolute Gasteiger partial charge is 0.261 e. The van der Waals surface area contributed by atoms with Crippen LogP contribution >= 0.6 is 11.6 Å². The summed E-state index contributed by atoms with van der Waals surface area (Å²) in [5, 5.41) is 4.01. The monoisotopic (exact) mass is 241 g/mol. The molecular formula is C10H9ClFN3O. The molecule has 2 N–H and O–H groups in total. The van der Waals surface area contributed by atoms with Gasteiger partial charge < -0.3 is 10.5 Å². The van der Waals surface area contributed by atoms with Crippen molar-refractivity contribution in [2.45, 2.75) is 0 Å². The highest BCUT2D eigenvalue weighted by Gasteiger charge is 2.08. The molecule has 1 aromatic carbocycles. The normalized spacial score (nSPS) is 10.4. The van der Waals surface area contributed by atoms with Gasteiger partial charge in [-0.05, 0) is 12.1 Å². The molecule has 0 saturated heterocycles. The zero-order valence-electron chi connectivity index (χ0n) is 8.45. The van der Waals surface area contributed by atoms with Crippen LogP contribution in [-0.2, 0) is 7.05 Å². The third-order valence-electron chi connectivity index (χ3n) is 1.93. The van der Waals surface area contributed by atoms with Gasteiger partial charge in [-0.15, -0.1) is 5.10 Å². The van der Waals surface area contributed by atoms with Crippen molar-refractivity contribution in [2.24, 2.45) is 7.05 Å². The Labute approximate surface area is 96.4 Å². The van der Waals surface area contributed by atoms with Gasteiger partial charge in [-0.2, -0.15) is 0 Å². The number of ether oxygens (including phenoxy) is 1. The van der Waals surface area contributed by atoms with E-state index in [1.807, 2.05) is 0 Å². The number of nitrogen functional groups attached to an aromatic ring is 1. The number of benzene rings is 1. The summed E-state index contributed by atoms with van der Waals surface area (Å²) in [5.74, 6) is -0.00908. The van der Waals surface area contributed by atoms with Crippen molar-refractivity contribution < 1.29 is 9.13 Å². The molecule has 84 valence electrons. The summed E-state index contributed by atoms with van der Waals surface area (Å²) >= 11 is 5.54. The standard InChI is InChI=1S/C10H9ClFN3O/c1-15-5-9(13)10(14-15)16-6-2-3-7(11)8(12)4-6/h2-5H,13H2,1H3. The first kappa shape index (κ1) is 10.8. The molecule has 6 heteroatoms. The molecule has 0 fully saturated rings. The van der Waals surface area contributed by atoms with Gasteiger partial charge in [-0.1, -0.05) is 11.6 Å². The number of hydrogen-bond donors (Lipinski definition) is 1. The SMILES string of the molecule is Cn1cc(N)c(Oc2ccc(Cl)c(F)c2)n1. The second-order valence-corrected chi connectivity index (χ2v) is 3.65. The summed E-state index contributed by atoms with van der Waals surface area (Å²) in [5.41, 5.74) is 6.02. The Morgan fingerprint density at radius 3 is 2.81 bits per heavy atom. The first-order chi connectivity index (χ1) is 7.56. The number of hydrogen-bond acceptors (Lipinski definition) is 3. The third-order valence-corrected chi connectivity index (χ3v) is 2.23. The molecule has 0 unspecified atom stereocenters. The van der Waals surface area contributed by atoms with Crippen molar-refractivity contribution in [1.82, 2.24) is 9.78 Å². The van der Waals surface area contributed by atoms with Crippen LogP contribution in [0.1, 0.15) is 0 Å². The molecule has 0 aliphatic carbocycles. The van der Waals surface area contributed by atoms with Crippen LogP contribution in [0.3, 0.4) is 0 Å². The Hall–Kier alpha value is -1.75. The lowest BCUT2D eigenvalue weighted by atomic mass is 10.3. The Kier molecular flexibility index (Phi) is 2.70. The van der Waals surface area contributed by atoms with E-state index in [1.54, 1.807) is 19.3 Å². The predicted octanol–water partition coefficient (Wildman–Crippen LogP) is 2.59. The zero-order chi connectivity index (χ0) is 11.7. The van der Waals surface area contributed by atoms with Gasteiger partial charge in [-0.25, -0.2) is 4.39 Å². The average molecular weight is 242 g/mol. The maximum absolute atomic E-state index is 13.1.